The first-order valence-electron chi connectivity index (χ1n) is 8.23. The summed E-state index contributed by atoms with van der Waals surface area (Å²) in [7, 11) is 1.57. The zero-order valence-electron chi connectivity index (χ0n) is 15.2. The number of halogens is 2. The van der Waals surface area contributed by atoms with Crippen molar-refractivity contribution in [3.05, 3.63) is 63.6 Å². The highest BCUT2D eigenvalue weighted by molar-refractivity contribution is 7.99. The molecule has 0 saturated carbocycles. The lowest BCUT2D eigenvalue weighted by atomic mass is 10.1. The van der Waals surface area contributed by atoms with E-state index in [2.05, 4.69) is 20.7 Å². The summed E-state index contributed by atoms with van der Waals surface area (Å²) in [6.45, 7) is 0. The highest BCUT2D eigenvalue weighted by Crippen LogP contribution is 2.24. The Kier molecular flexibility index (Phi) is 6.97. The fourth-order valence-electron chi connectivity index (χ4n) is 2.22. The average molecular weight is 451 g/mol. The zero-order chi connectivity index (χ0) is 20.8. The van der Waals surface area contributed by atoms with Gasteiger partial charge in [0, 0.05) is 11.1 Å². The van der Waals surface area contributed by atoms with E-state index in [-0.39, 0.29) is 17.5 Å². The van der Waals surface area contributed by atoms with Crippen molar-refractivity contribution < 1.29 is 9.53 Å². The van der Waals surface area contributed by atoms with Crippen molar-refractivity contribution in [3.63, 3.8) is 0 Å². The number of Topliss-reactive ketones (excluding diaryl/α,β-unsaturated/α-hetero) is 1. The van der Waals surface area contributed by atoms with Crippen molar-refractivity contribution >= 4 is 52.9 Å². The maximum atomic E-state index is 12.3. The van der Waals surface area contributed by atoms with Gasteiger partial charge in [-0.05, 0) is 30.3 Å². The molecule has 0 spiro atoms. The quantitative estimate of drug-likeness (QED) is 0.177. The van der Waals surface area contributed by atoms with Crippen LogP contribution in [0, 0.1) is 0 Å². The number of ketones is 1. The van der Waals surface area contributed by atoms with Gasteiger partial charge in [0.25, 0.3) is 5.95 Å². The molecule has 0 fully saturated rings. The molecule has 0 radical (unpaired) electrons. The number of carbonyl (C=O) groups is 1. The molecular weight excluding hydrogens is 435 g/mol. The Morgan fingerprint density at radius 3 is 2.76 bits per heavy atom. The fraction of sp³-hybridized carbons (Fsp3) is 0.111. The number of aromatic nitrogens is 3. The molecule has 0 saturated heterocycles. The van der Waals surface area contributed by atoms with Gasteiger partial charge in [-0.3, -0.25) is 4.79 Å². The van der Waals surface area contributed by atoms with Gasteiger partial charge in [0.2, 0.25) is 5.16 Å². The van der Waals surface area contributed by atoms with Gasteiger partial charge in [-0.2, -0.15) is 5.10 Å². The third kappa shape index (κ3) is 5.20. The van der Waals surface area contributed by atoms with Crippen LogP contribution in [0.5, 0.6) is 5.75 Å². The van der Waals surface area contributed by atoms with Crippen molar-refractivity contribution in [2.24, 2.45) is 5.10 Å². The molecule has 150 valence electrons. The van der Waals surface area contributed by atoms with Gasteiger partial charge in [-0.15, -0.1) is 10.2 Å². The molecule has 0 unspecified atom stereocenters. The molecule has 3 N–H and O–H groups in total. The van der Waals surface area contributed by atoms with Crippen LogP contribution in [-0.4, -0.2) is 39.7 Å². The summed E-state index contributed by atoms with van der Waals surface area (Å²) in [5.41, 5.74) is 3.89. The predicted molar refractivity (Wildman–Crippen MR) is 116 cm³/mol. The Labute approximate surface area is 181 Å². The first-order valence-corrected chi connectivity index (χ1v) is 9.97. The summed E-state index contributed by atoms with van der Waals surface area (Å²) in [5.74, 6) is 6.94. The summed E-state index contributed by atoms with van der Waals surface area (Å²) in [6.07, 6.45) is 1.49. The molecule has 0 atom stereocenters. The van der Waals surface area contributed by atoms with E-state index >= 15 is 0 Å². The number of hydrazone groups is 1. The van der Waals surface area contributed by atoms with Crippen molar-refractivity contribution in [3.8, 4) is 5.75 Å². The number of nitrogens with one attached hydrogen (secondary N) is 1. The third-order valence-corrected chi connectivity index (χ3v) is 5.54. The van der Waals surface area contributed by atoms with Crippen LogP contribution in [0.15, 0.2) is 52.7 Å². The molecule has 0 bridgehead atoms. The van der Waals surface area contributed by atoms with Crippen LogP contribution in [0.3, 0.4) is 0 Å². The lowest BCUT2D eigenvalue weighted by Gasteiger charge is -2.04. The summed E-state index contributed by atoms with van der Waals surface area (Å²) < 4.78 is 6.29. The molecule has 2 aromatic carbocycles. The van der Waals surface area contributed by atoms with E-state index in [1.165, 1.54) is 22.7 Å². The number of nitrogen functional groups attached to an aromatic ring is 1. The van der Waals surface area contributed by atoms with Crippen molar-refractivity contribution in [2.45, 2.75) is 5.16 Å². The molecular formula is C18H16Cl2N6O2S. The molecule has 3 aromatic rings. The minimum Gasteiger partial charge on any atom is -0.497 e. The smallest absolute Gasteiger partial charge is 0.264 e. The third-order valence-electron chi connectivity index (χ3n) is 3.76. The van der Waals surface area contributed by atoms with E-state index in [0.29, 0.717) is 32.1 Å². The minimum absolute atomic E-state index is 0.0659. The summed E-state index contributed by atoms with van der Waals surface area (Å²) >= 11 is 13.2. The lowest BCUT2D eigenvalue weighted by Crippen LogP contribution is -2.14. The van der Waals surface area contributed by atoms with E-state index in [0.717, 1.165) is 0 Å². The van der Waals surface area contributed by atoms with Crippen LogP contribution in [0.4, 0.5) is 5.95 Å². The Balaban J connectivity index is 1.59. The number of benzene rings is 2. The largest absolute Gasteiger partial charge is 0.497 e. The number of anilines is 1. The number of thioether (sulfide) groups is 1. The number of carbonyl (C=O) groups excluding carboxylic acids is 1. The molecule has 29 heavy (non-hydrogen) atoms. The number of nitrogens with zero attached hydrogens (tertiary/aromatic N) is 4. The fourth-order valence-corrected chi connectivity index (χ4v) is 3.33. The van der Waals surface area contributed by atoms with Crippen LogP contribution in [0.25, 0.3) is 0 Å². The summed E-state index contributed by atoms with van der Waals surface area (Å²) in [4.78, 5) is 12.3. The maximum Gasteiger partial charge on any atom is 0.264 e. The second-order valence-electron chi connectivity index (χ2n) is 5.63. The number of methoxy groups -OCH3 is 1. The van der Waals surface area contributed by atoms with Crippen molar-refractivity contribution in [1.29, 1.82) is 0 Å². The van der Waals surface area contributed by atoms with Gasteiger partial charge in [0.15, 0.2) is 5.78 Å². The molecule has 0 aliphatic rings. The van der Waals surface area contributed by atoms with E-state index < -0.39 is 0 Å². The number of hydrogen-bond donors (Lipinski definition) is 2. The van der Waals surface area contributed by atoms with Crippen LogP contribution < -0.4 is 16.0 Å². The van der Waals surface area contributed by atoms with Gasteiger partial charge in [0.1, 0.15) is 5.75 Å². The standard InChI is InChI=1S/C18H16Cl2N6O2S/c1-28-13-7-5-11(6-8-13)15(27)10-29-18-25-24-17(26(18)21)23-22-9-12-3-2-4-14(19)16(12)20/h2-9H,10,21H2,1H3,(H,23,24)/b22-9+. The summed E-state index contributed by atoms with van der Waals surface area (Å²) in [5, 5.41) is 13.1. The molecule has 1 aromatic heterocycles. The van der Waals surface area contributed by atoms with Gasteiger partial charge in [0.05, 0.1) is 29.1 Å². The van der Waals surface area contributed by atoms with E-state index in [4.69, 9.17) is 33.8 Å². The SMILES string of the molecule is COc1ccc(C(=O)CSc2nnc(N/N=C/c3cccc(Cl)c3Cl)n2N)cc1. The molecule has 8 nitrogen and oxygen atoms in total. The Bertz CT molecular complexity index is 1040. The van der Waals surface area contributed by atoms with Gasteiger partial charge >= 0.3 is 0 Å². The molecule has 3 rings (SSSR count). The normalized spacial score (nSPS) is 11.0. The number of hydrogen-bond acceptors (Lipinski definition) is 8. The topological polar surface area (TPSA) is 107 Å². The lowest BCUT2D eigenvalue weighted by molar-refractivity contribution is 0.102. The monoisotopic (exact) mass is 450 g/mol. The van der Waals surface area contributed by atoms with Crippen LogP contribution >= 0.6 is 35.0 Å². The van der Waals surface area contributed by atoms with E-state index in [1.54, 1.807) is 49.6 Å². The molecule has 0 amide bonds. The summed E-state index contributed by atoms with van der Waals surface area (Å²) in [6, 6.07) is 12.1. The number of ether oxygens (including phenoxy) is 1. The van der Waals surface area contributed by atoms with E-state index in [9.17, 15) is 4.79 Å². The van der Waals surface area contributed by atoms with Gasteiger partial charge < -0.3 is 10.6 Å². The molecule has 0 aliphatic carbocycles. The van der Waals surface area contributed by atoms with Crippen molar-refractivity contribution in [1.82, 2.24) is 14.9 Å². The number of nitrogens with two attached hydrogens (primary N) is 1. The van der Waals surface area contributed by atoms with Gasteiger partial charge in [-0.25, -0.2) is 10.1 Å². The minimum atomic E-state index is -0.0659. The Hall–Kier alpha value is -2.75. The zero-order valence-corrected chi connectivity index (χ0v) is 17.5. The Morgan fingerprint density at radius 1 is 1.28 bits per heavy atom. The first kappa shape index (κ1) is 21.0. The van der Waals surface area contributed by atoms with Gasteiger partial charge in [-0.1, -0.05) is 47.1 Å². The maximum absolute atomic E-state index is 12.3. The molecule has 1 heterocycles. The van der Waals surface area contributed by atoms with Crippen LogP contribution in [-0.2, 0) is 0 Å². The highest BCUT2D eigenvalue weighted by Gasteiger charge is 2.13. The van der Waals surface area contributed by atoms with Crippen LogP contribution in [0.1, 0.15) is 15.9 Å². The number of rotatable bonds is 8. The van der Waals surface area contributed by atoms with Crippen LogP contribution in [0.2, 0.25) is 10.0 Å². The molecule has 11 heteroatoms. The highest BCUT2D eigenvalue weighted by atomic mass is 35.5. The average Bonchev–Trinajstić information content (AvgIpc) is 3.09. The Morgan fingerprint density at radius 2 is 2.03 bits per heavy atom. The first-order chi connectivity index (χ1) is 14.0. The second kappa shape index (κ2) is 9.64. The van der Waals surface area contributed by atoms with Crippen molar-refractivity contribution in [2.75, 3.05) is 24.1 Å². The molecule has 0 aliphatic heterocycles. The van der Waals surface area contributed by atoms with E-state index in [1.807, 2.05) is 0 Å². The predicted octanol–water partition coefficient (Wildman–Crippen LogP) is 3.73. The second-order valence-corrected chi connectivity index (χ2v) is 7.36.